The van der Waals surface area contributed by atoms with Gasteiger partial charge in [-0.25, -0.2) is 4.98 Å². The Kier molecular flexibility index (Phi) is 5.32. The number of pyridine rings is 1. The van der Waals surface area contributed by atoms with Crippen LogP contribution in [0.15, 0.2) is 65.7 Å². The van der Waals surface area contributed by atoms with Gasteiger partial charge >= 0.3 is 0 Å². The molecule has 1 fully saturated rings. The smallest absolute Gasteiger partial charge is 0.131 e. The molecule has 1 saturated heterocycles. The van der Waals surface area contributed by atoms with Crippen LogP contribution in [0.1, 0.15) is 24.1 Å². The Morgan fingerprint density at radius 1 is 1.04 bits per heavy atom. The van der Waals surface area contributed by atoms with E-state index in [2.05, 4.69) is 44.5 Å². The number of nitrogens with zero attached hydrogens (tertiary/aromatic N) is 3. The van der Waals surface area contributed by atoms with Crippen LogP contribution in [0.4, 0.5) is 5.82 Å². The number of aromatic nitrogens is 1. The largest absolute Gasteiger partial charge is 0.389 e. The molecule has 0 bridgehead atoms. The van der Waals surface area contributed by atoms with Crippen LogP contribution >= 0.6 is 0 Å². The maximum Gasteiger partial charge on any atom is 0.131 e. The average molecular weight is 362 g/mol. The first-order chi connectivity index (χ1) is 13.2. The lowest BCUT2D eigenvalue weighted by Crippen LogP contribution is -2.45. The predicted octanol–water partition coefficient (Wildman–Crippen LogP) is 3.03. The topological polar surface area (TPSA) is 60.8 Å². The quantitative estimate of drug-likeness (QED) is 0.858. The Bertz CT molecular complexity index is 823. The van der Waals surface area contributed by atoms with E-state index in [4.69, 9.17) is 0 Å². The maximum absolute atomic E-state index is 11.1. The second-order valence-electron chi connectivity index (χ2n) is 7.43. The number of piperidine rings is 1. The number of rotatable bonds is 5. The van der Waals surface area contributed by atoms with Crippen molar-refractivity contribution in [2.75, 3.05) is 25.0 Å². The Morgan fingerprint density at radius 3 is 2.59 bits per heavy atom. The fourth-order valence-electron chi connectivity index (χ4n) is 3.71. The first-order valence-corrected chi connectivity index (χ1v) is 9.61. The van der Waals surface area contributed by atoms with Gasteiger partial charge in [-0.15, -0.1) is 0 Å². The highest BCUT2D eigenvalue weighted by molar-refractivity contribution is 6.04. The van der Waals surface area contributed by atoms with Gasteiger partial charge < -0.3 is 10.4 Å². The fraction of sp³-hybridized carbons (Fsp3) is 0.364. The summed E-state index contributed by atoms with van der Waals surface area (Å²) in [6.45, 7) is 3.49. The maximum atomic E-state index is 11.1. The first kappa shape index (κ1) is 17.9. The van der Waals surface area contributed by atoms with Gasteiger partial charge in [0.2, 0.25) is 0 Å². The molecule has 0 atom stereocenters. The van der Waals surface area contributed by atoms with E-state index in [9.17, 15) is 5.11 Å². The summed E-state index contributed by atoms with van der Waals surface area (Å²) in [7, 11) is 0. The zero-order valence-corrected chi connectivity index (χ0v) is 15.5. The second-order valence-corrected chi connectivity index (χ2v) is 7.43. The molecular weight excluding hydrogens is 336 g/mol. The number of aliphatic imine (C=N–C) groups is 1. The molecule has 2 aliphatic rings. The summed E-state index contributed by atoms with van der Waals surface area (Å²) in [4.78, 5) is 11.4. The van der Waals surface area contributed by atoms with Crippen LogP contribution in [0.25, 0.3) is 0 Å². The highest BCUT2D eigenvalue weighted by Crippen LogP contribution is 2.27. The lowest BCUT2D eigenvalue weighted by molar-refractivity contribution is -0.0231. The summed E-state index contributed by atoms with van der Waals surface area (Å²) in [6, 6.07) is 16.4. The molecule has 3 heterocycles. The Labute approximate surface area is 160 Å². The SMILES string of the molecule is OC1(Cc2cccc(NC3=NCC=C3)n2)CCN(Cc2ccccc2)CC1. The molecule has 1 aromatic carbocycles. The lowest BCUT2D eigenvalue weighted by Gasteiger charge is -2.38. The minimum absolute atomic E-state index is 0.587. The molecule has 5 heteroatoms. The summed E-state index contributed by atoms with van der Waals surface area (Å²) in [5.41, 5.74) is 1.57. The molecule has 2 N–H and O–H groups in total. The van der Waals surface area contributed by atoms with Gasteiger partial charge in [0.05, 0.1) is 12.1 Å². The molecule has 0 amide bonds. The molecule has 0 saturated carbocycles. The van der Waals surface area contributed by atoms with Crippen LogP contribution in [0, 0.1) is 0 Å². The van der Waals surface area contributed by atoms with Crippen molar-refractivity contribution in [1.29, 1.82) is 0 Å². The van der Waals surface area contributed by atoms with Crippen molar-refractivity contribution >= 4 is 11.7 Å². The van der Waals surface area contributed by atoms with Crippen molar-refractivity contribution in [2.24, 2.45) is 4.99 Å². The number of nitrogens with one attached hydrogen (secondary N) is 1. The van der Waals surface area contributed by atoms with Gasteiger partial charge in [-0.3, -0.25) is 9.89 Å². The second kappa shape index (κ2) is 8.03. The Hall–Kier alpha value is -2.50. The molecule has 4 rings (SSSR count). The number of amidine groups is 1. The van der Waals surface area contributed by atoms with Gasteiger partial charge in [0.1, 0.15) is 11.7 Å². The third kappa shape index (κ3) is 4.81. The minimum atomic E-state index is -0.677. The molecular formula is C22H26N4O. The van der Waals surface area contributed by atoms with Crippen molar-refractivity contribution in [1.82, 2.24) is 9.88 Å². The highest BCUT2D eigenvalue weighted by atomic mass is 16.3. The van der Waals surface area contributed by atoms with E-state index < -0.39 is 5.60 Å². The molecule has 27 heavy (non-hydrogen) atoms. The van der Waals surface area contributed by atoms with Gasteiger partial charge in [-0.05, 0) is 36.6 Å². The van der Waals surface area contributed by atoms with Crippen LogP contribution in [-0.4, -0.2) is 46.1 Å². The standard InChI is InChI=1S/C22H26N4O/c27-22(11-14-26(15-12-22)17-18-6-2-1-3-7-18)16-19-8-4-9-21(24-19)25-20-10-5-13-23-20/h1-10,27H,11-17H2,(H,23,24,25). The van der Waals surface area contributed by atoms with Crippen LogP contribution < -0.4 is 5.32 Å². The Morgan fingerprint density at radius 2 is 1.85 bits per heavy atom. The molecule has 2 aliphatic heterocycles. The van der Waals surface area contributed by atoms with Gasteiger partial charge in [-0.2, -0.15) is 0 Å². The zero-order valence-electron chi connectivity index (χ0n) is 15.5. The summed E-state index contributed by atoms with van der Waals surface area (Å²) < 4.78 is 0. The van der Waals surface area contributed by atoms with Crippen molar-refractivity contribution in [3.8, 4) is 0 Å². The number of benzene rings is 1. The summed E-state index contributed by atoms with van der Waals surface area (Å²) in [6.07, 6.45) is 6.11. The average Bonchev–Trinajstić information content (AvgIpc) is 3.18. The molecule has 5 nitrogen and oxygen atoms in total. The van der Waals surface area contributed by atoms with E-state index in [-0.39, 0.29) is 0 Å². The van der Waals surface area contributed by atoms with E-state index in [0.717, 1.165) is 56.4 Å². The van der Waals surface area contributed by atoms with E-state index in [1.54, 1.807) is 0 Å². The number of hydrogen-bond acceptors (Lipinski definition) is 5. The molecule has 0 radical (unpaired) electrons. The fourth-order valence-corrected chi connectivity index (χ4v) is 3.71. The predicted molar refractivity (Wildman–Crippen MR) is 109 cm³/mol. The van der Waals surface area contributed by atoms with E-state index in [1.807, 2.05) is 36.4 Å². The normalized spacial score (nSPS) is 19.1. The number of likely N-dealkylation sites (tertiary alicyclic amines) is 1. The van der Waals surface area contributed by atoms with E-state index in [1.165, 1.54) is 5.56 Å². The summed E-state index contributed by atoms with van der Waals surface area (Å²) in [5.74, 6) is 1.62. The van der Waals surface area contributed by atoms with Crippen molar-refractivity contribution in [3.63, 3.8) is 0 Å². The Balaban J connectivity index is 1.33. The van der Waals surface area contributed by atoms with Crippen molar-refractivity contribution in [3.05, 3.63) is 71.9 Å². The van der Waals surface area contributed by atoms with Crippen LogP contribution in [0.5, 0.6) is 0 Å². The van der Waals surface area contributed by atoms with Gasteiger partial charge in [-0.1, -0.05) is 42.5 Å². The third-order valence-corrected chi connectivity index (χ3v) is 5.25. The first-order valence-electron chi connectivity index (χ1n) is 9.61. The van der Waals surface area contributed by atoms with Crippen LogP contribution in [0.2, 0.25) is 0 Å². The molecule has 0 unspecified atom stereocenters. The van der Waals surface area contributed by atoms with Crippen molar-refractivity contribution < 1.29 is 5.11 Å². The van der Waals surface area contributed by atoms with Gasteiger partial charge in [0, 0.05) is 31.7 Å². The van der Waals surface area contributed by atoms with Crippen LogP contribution in [-0.2, 0) is 13.0 Å². The van der Waals surface area contributed by atoms with Crippen LogP contribution in [0.3, 0.4) is 0 Å². The molecule has 140 valence electrons. The number of aliphatic hydroxyl groups is 1. The van der Waals surface area contributed by atoms with E-state index in [0.29, 0.717) is 6.42 Å². The molecule has 0 aliphatic carbocycles. The van der Waals surface area contributed by atoms with E-state index >= 15 is 0 Å². The number of anilines is 1. The van der Waals surface area contributed by atoms with Crippen molar-refractivity contribution in [2.45, 2.75) is 31.4 Å². The highest BCUT2D eigenvalue weighted by Gasteiger charge is 2.32. The van der Waals surface area contributed by atoms with Gasteiger partial charge in [0.25, 0.3) is 0 Å². The zero-order chi connectivity index (χ0) is 18.5. The summed E-state index contributed by atoms with van der Waals surface area (Å²) in [5, 5.41) is 14.3. The monoisotopic (exact) mass is 362 g/mol. The molecule has 2 aromatic rings. The molecule has 0 spiro atoms. The molecule has 1 aromatic heterocycles. The lowest BCUT2D eigenvalue weighted by atomic mass is 9.86. The van der Waals surface area contributed by atoms with Gasteiger partial charge in [0.15, 0.2) is 0 Å². The minimum Gasteiger partial charge on any atom is -0.389 e. The number of hydrogen-bond donors (Lipinski definition) is 2. The summed E-state index contributed by atoms with van der Waals surface area (Å²) >= 11 is 0. The third-order valence-electron chi connectivity index (χ3n) is 5.25.